The molecule has 2 amide bonds. The molecule has 0 aliphatic carbocycles. The average molecular weight is 759 g/mol. The molecule has 0 radical (unpaired) electrons. The summed E-state index contributed by atoms with van der Waals surface area (Å²) in [6, 6.07) is 0. The number of nitrogens with two attached hydrogens (primary N) is 1. The topological polar surface area (TPSA) is 136 Å². The van der Waals surface area contributed by atoms with Crippen LogP contribution >= 0.6 is 0 Å². The van der Waals surface area contributed by atoms with Gasteiger partial charge in [-0.25, -0.2) is 0 Å². The summed E-state index contributed by atoms with van der Waals surface area (Å²) in [4.78, 5) is 47.7. The Morgan fingerprint density at radius 2 is 0.717 bits per heavy atom. The van der Waals surface area contributed by atoms with Gasteiger partial charge in [-0.05, 0) is 26.2 Å². The molecule has 0 aromatic rings. The normalized spacial score (nSPS) is 10.1. The Morgan fingerprint density at radius 3 is 1.00 bits per heavy atom. The Bertz CT molecular complexity index is 693. The molecule has 9 nitrogen and oxygen atoms in total. The lowest BCUT2D eigenvalue weighted by molar-refractivity contribution is -0.147. The van der Waals surface area contributed by atoms with Gasteiger partial charge in [-0.15, -0.1) is 0 Å². The van der Waals surface area contributed by atoms with E-state index in [1.807, 2.05) is 13.8 Å². The fourth-order valence-corrected chi connectivity index (χ4v) is 5.77. The summed E-state index contributed by atoms with van der Waals surface area (Å²) in [5, 5.41) is 7.57. The molecule has 318 valence electrons. The number of nitrogens with zero attached hydrogens (tertiary/aromatic N) is 1. The number of ether oxygens (including phenoxy) is 2. The molecule has 0 aliphatic rings. The molecule has 0 aliphatic heterocycles. The molecule has 0 heterocycles. The molecule has 0 spiro atoms. The van der Waals surface area contributed by atoms with Crippen molar-refractivity contribution in [3.63, 3.8) is 0 Å². The van der Waals surface area contributed by atoms with Crippen molar-refractivity contribution in [2.45, 2.75) is 228 Å². The summed E-state index contributed by atoms with van der Waals surface area (Å²) >= 11 is 0. The van der Waals surface area contributed by atoms with Gasteiger partial charge in [0.2, 0.25) is 12.3 Å². The van der Waals surface area contributed by atoms with E-state index in [1.165, 1.54) is 116 Å². The number of esters is 2. The number of hydrogen-bond acceptors (Lipinski definition) is 7. The van der Waals surface area contributed by atoms with Crippen LogP contribution in [0.15, 0.2) is 0 Å². The van der Waals surface area contributed by atoms with Gasteiger partial charge in [-0.3, -0.25) is 19.2 Å². The summed E-state index contributed by atoms with van der Waals surface area (Å²) in [7, 11) is 0. The first-order valence-electron chi connectivity index (χ1n) is 22.2. The van der Waals surface area contributed by atoms with E-state index in [4.69, 9.17) is 19.4 Å². The maximum atomic E-state index is 12.9. The quantitative estimate of drug-likeness (QED) is 0.0373. The predicted molar refractivity (Wildman–Crippen MR) is 224 cm³/mol. The Hall–Kier alpha value is -2.16. The SMILES string of the molecule is CC.CCCCCCCCCCCCCC(=O)OCCN(CCOC(=O)CCCCCCCCCCCCC)C(=O)CCCCCC.CCO.NC=O. The van der Waals surface area contributed by atoms with Crippen molar-refractivity contribution in [1.29, 1.82) is 0 Å². The standard InChI is InChI=1S/C39H75NO5.C2H6O.C2H6.CH3NO/c1-4-7-10-13-15-17-19-21-23-25-28-31-38(42)44-35-33-40(37(41)30-27-12-9-6-3)34-36-45-39(43)32-29-26-24-22-20-18-16-14-11-8-5-2;1-2-3;1-2;2-1-3/h4-36H2,1-3H3;3H,2H2,1H3;1-2H3;1H,(H2,2,3). The van der Waals surface area contributed by atoms with Crippen molar-refractivity contribution >= 4 is 24.3 Å². The van der Waals surface area contributed by atoms with Crippen LogP contribution in [0.1, 0.15) is 228 Å². The van der Waals surface area contributed by atoms with Crippen LogP contribution < -0.4 is 5.73 Å². The molecule has 0 fully saturated rings. The van der Waals surface area contributed by atoms with Crippen LogP contribution in [-0.2, 0) is 28.7 Å². The zero-order chi connectivity index (χ0) is 40.5. The van der Waals surface area contributed by atoms with Gasteiger partial charge in [-0.1, -0.05) is 182 Å². The van der Waals surface area contributed by atoms with E-state index in [9.17, 15) is 14.4 Å². The minimum absolute atomic E-state index is 0.0499. The van der Waals surface area contributed by atoms with Crippen LogP contribution in [0.2, 0.25) is 0 Å². The number of amides is 2. The second-order valence-electron chi connectivity index (χ2n) is 13.7. The van der Waals surface area contributed by atoms with E-state index in [0.29, 0.717) is 32.4 Å². The van der Waals surface area contributed by atoms with Gasteiger partial charge < -0.3 is 25.2 Å². The average Bonchev–Trinajstić information content (AvgIpc) is 3.15. The van der Waals surface area contributed by atoms with Crippen molar-refractivity contribution < 1.29 is 33.8 Å². The minimum atomic E-state index is -0.181. The third-order valence-corrected chi connectivity index (χ3v) is 8.81. The summed E-state index contributed by atoms with van der Waals surface area (Å²) in [6.07, 6.45) is 33.3. The van der Waals surface area contributed by atoms with Crippen LogP contribution in [-0.4, -0.2) is 67.2 Å². The predicted octanol–water partition coefficient (Wildman–Crippen LogP) is 11.4. The van der Waals surface area contributed by atoms with Gasteiger partial charge in [0, 0.05) is 25.9 Å². The molecule has 0 aromatic heterocycles. The molecule has 0 saturated carbocycles. The highest BCUT2D eigenvalue weighted by molar-refractivity contribution is 5.76. The molecular formula is C44H90N2O7. The summed E-state index contributed by atoms with van der Waals surface area (Å²) in [5.74, 6) is -0.312. The first-order valence-corrected chi connectivity index (χ1v) is 22.2. The molecule has 0 aromatic carbocycles. The lowest BCUT2D eigenvalue weighted by Gasteiger charge is -2.22. The molecule has 0 rings (SSSR count). The Balaban J connectivity index is -0.00000137. The molecule has 0 unspecified atom stereocenters. The highest BCUT2D eigenvalue weighted by Crippen LogP contribution is 2.14. The Morgan fingerprint density at radius 1 is 0.491 bits per heavy atom. The minimum Gasteiger partial charge on any atom is -0.464 e. The Labute approximate surface area is 328 Å². The van der Waals surface area contributed by atoms with Crippen molar-refractivity contribution in [1.82, 2.24) is 4.90 Å². The number of hydrogen-bond donors (Lipinski definition) is 2. The second-order valence-corrected chi connectivity index (χ2v) is 13.7. The van der Waals surface area contributed by atoms with Gasteiger partial charge in [0.05, 0.1) is 13.1 Å². The first-order chi connectivity index (χ1) is 25.9. The zero-order valence-corrected chi connectivity index (χ0v) is 36.0. The number of primary amides is 1. The monoisotopic (exact) mass is 759 g/mol. The van der Waals surface area contributed by atoms with Gasteiger partial charge in [0.15, 0.2) is 0 Å². The largest absolute Gasteiger partial charge is 0.464 e. The van der Waals surface area contributed by atoms with Gasteiger partial charge >= 0.3 is 11.9 Å². The number of aliphatic hydroxyl groups is 1. The van der Waals surface area contributed by atoms with Crippen molar-refractivity contribution in [3.05, 3.63) is 0 Å². The lowest BCUT2D eigenvalue weighted by atomic mass is 10.1. The van der Waals surface area contributed by atoms with Gasteiger partial charge in [0.25, 0.3) is 0 Å². The van der Waals surface area contributed by atoms with E-state index < -0.39 is 0 Å². The number of rotatable bonds is 35. The Kier molecular flexibility index (Phi) is 58.9. The molecule has 0 atom stereocenters. The first kappa shape index (κ1) is 57.6. The molecule has 3 N–H and O–H groups in total. The molecular weight excluding hydrogens is 668 g/mol. The van der Waals surface area contributed by atoms with Crippen molar-refractivity contribution in [2.75, 3.05) is 32.9 Å². The van der Waals surface area contributed by atoms with Crippen molar-refractivity contribution in [2.24, 2.45) is 5.73 Å². The number of carbonyl (C=O) groups excluding carboxylic acids is 4. The van der Waals surface area contributed by atoms with Crippen LogP contribution in [0.3, 0.4) is 0 Å². The van der Waals surface area contributed by atoms with E-state index >= 15 is 0 Å². The van der Waals surface area contributed by atoms with Crippen LogP contribution in [0, 0.1) is 0 Å². The fourth-order valence-electron chi connectivity index (χ4n) is 5.77. The fraction of sp³-hybridized carbons (Fsp3) is 0.909. The number of unbranched alkanes of at least 4 members (excludes halogenated alkanes) is 23. The summed E-state index contributed by atoms with van der Waals surface area (Å²) < 4.78 is 10.9. The summed E-state index contributed by atoms with van der Waals surface area (Å²) in [5.41, 5.74) is 4.17. The van der Waals surface area contributed by atoms with E-state index in [-0.39, 0.29) is 44.1 Å². The van der Waals surface area contributed by atoms with Crippen LogP contribution in [0.25, 0.3) is 0 Å². The highest BCUT2D eigenvalue weighted by Gasteiger charge is 2.15. The smallest absolute Gasteiger partial charge is 0.305 e. The van der Waals surface area contributed by atoms with E-state index in [2.05, 4.69) is 26.5 Å². The maximum absolute atomic E-state index is 12.9. The highest BCUT2D eigenvalue weighted by atomic mass is 16.5. The molecule has 9 heteroatoms. The van der Waals surface area contributed by atoms with Crippen LogP contribution in [0.5, 0.6) is 0 Å². The number of aliphatic hydroxyl groups excluding tert-OH is 1. The van der Waals surface area contributed by atoms with Crippen LogP contribution in [0.4, 0.5) is 0 Å². The number of carbonyl (C=O) groups is 4. The molecule has 53 heavy (non-hydrogen) atoms. The zero-order valence-electron chi connectivity index (χ0n) is 36.0. The maximum Gasteiger partial charge on any atom is 0.305 e. The molecule has 0 saturated heterocycles. The third-order valence-electron chi connectivity index (χ3n) is 8.81. The van der Waals surface area contributed by atoms with E-state index in [1.54, 1.807) is 11.8 Å². The van der Waals surface area contributed by atoms with Gasteiger partial charge in [-0.2, -0.15) is 0 Å². The lowest BCUT2D eigenvalue weighted by Crippen LogP contribution is -2.37. The van der Waals surface area contributed by atoms with Crippen molar-refractivity contribution in [3.8, 4) is 0 Å². The molecule has 0 bridgehead atoms. The second kappa shape index (κ2) is 54.2. The van der Waals surface area contributed by atoms with Gasteiger partial charge in [0.1, 0.15) is 13.2 Å². The summed E-state index contributed by atoms with van der Waals surface area (Å²) in [6.45, 7) is 13.7. The van der Waals surface area contributed by atoms with E-state index in [0.717, 1.165) is 51.4 Å². The third kappa shape index (κ3) is 54.3.